The number of rotatable bonds is 4. The molecule has 0 aliphatic heterocycles. The molecule has 0 spiro atoms. The number of halogens is 3. The van der Waals surface area contributed by atoms with Crippen LogP contribution in [0.1, 0.15) is 17.6 Å². The van der Waals surface area contributed by atoms with Gasteiger partial charge in [-0.1, -0.05) is 0 Å². The molecule has 1 unspecified atom stereocenters. The first-order chi connectivity index (χ1) is 9.19. The van der Waals surface area contributed by atoms with E-state index in [1.807, 2.05) is 5.32 Å². The van der Waals surface area contributed by atoms with Crippen LogP contribution in [0.4, 0.5) is 13.2 Å². The van der Waals surface area contributed by atoms with Crippen molar-refractivity contribution in [2.75, 3.05) is 13.1 Å². The van der Waals surface area contributed by atoms with Gasteiger partial charge in [0.25, 0.3) is 0 Å². The molecule has 6 nitrogen and oxygen atoms in total. The van der Waals surface area contributed by atoms with Crippen LogP contribution in [0, 0.1) is 6.92 Å². The van der Waals surface area contributed by atoms with Crippen LogP contribution in [0.25, 0.3) is 0 Å². The van der Waals surface area contributed by atoms with Crippen molar-refractivity contribution in [1.29, 1.82) is 0 Å². The zero-order chi connectivity index (χ0) is 15.3. The zero-order valence-electron chi connectivity index (χ0n) is 10.5. The smallest absolute Gasteiger partial charge is 0.405 e. The molecule has 0 saturated carbocycles. The maximum Gasteiger partial charge on any atom is 0.405 e. The molecule has 1 aromatic rings. The molecule has 112 valence electrons. The van der Waals surface area contributed by atoms with Crippen LogP contribution in [-0.4, -0.2) is 36.2 Å². The van der Waals surface area contributed by atoms with Gasteiger partial charge in [0.05, 0.1) is 6.54 Å². The number of carbonyl (C=O) groups excluding carboxylic acids is 2. The Morgan fingerprint density at radius 1 is 1.30 bits per heavy atom. The van der Waals surface area contributed by atoms with Gasteiger partial charge in [-0.05, 0) is 19.1 Å². The normalized spacial score (nSPS) is 12.8. The molecule has 1 rings (SSSR count). The zero-order valence-corrected chi connectivity index (χ0v) is 10.5. The molecule has 1 heterocycles. The van der Waals surface area contributed by atoms with Crippen LogP contribution < -0.4 is 10.6 Å². The Morgan fingerprint density at radius 3 is 2.40 bits per heavy atom. The van der Waals surface area contributed by atoms with Crippen molar-refractivity contribution < 1.29 is 32.3 Å². The van der Waals surface area contributed by atoms with Crippen LogP contribution >= 0.6 is 0 Å². The molecule has 1 aromatic heterocycles. The first kappa shape index (κ1) is 16.0. The van der Waals surface area contributed by atoms with E-state index in [4.69, 9.17) is 4.42 Å². The summed E-state index contributed by atoms with van der Waals surface area (Å²) in [6, 6.07) is 3.08. The minimum Gasteiger partial charge on any atom is -0.464 e. The molecule has 20 heavy (non-hydrogen) atoms. The van der Waals surface area contributed by atoms with Gasteiger partial charge < -0.3 is 20.2 Å². The second kappa shape index (κ2) is 6.42. The van der Waals surface area contributed by atoms with Crippen LogP contribution in [0.5, 0.6) is 0 Å². The van der Waals surface area contributed by atoms with Crippen molar-refractivity contribution in [3.63, 3.8) is 0 Å². The minimum absolute atomic E-state index is 0.179. The first-order valence-corrected chi connectivity index (χ1v) is 5.56. The predicted molar refractivity (Wildman–Crippen MR) is 60.5 cm³/mol. The number of aliphatic hydroxyl groups is 1. The molecule has 0 fully saturated rings. The van der Waals surface area contributed by atoms with E-state index in [1.165, 1.54) is 11.4 Å². The standard InChI is InChI=1S/C11H13F3N2O4/c1-6-2-3-8(20-6)7(17)4-15-9(18)10(19)16-5-11(12,13)14/h2-3,7,17H,4-5H2,1H3,(H,15,18)(H,16,19). The van der Waals surface area contributed by atoms with E-state index in [-0.39, 0.29) is 12.3 Å². The third kappa shape index (κ3) is 5.31. The van der Waals surface area contributed by atoms with Crippen molar-refractivity contribution in [2.45, 2.75) is 19.2 Å². The lowest BCUT2D eigenvalue weighted by Crippen LogP contribution is -2.44. The second-order valence-electron chi connectivity index (χ2n) is 3.97. The van der Waals surface area contributed by atoms with E-state index >= 15 is 0 Å². The fraction of sp³-hybridized carbons (Fsp3) is 0.455. The maximum absolute atomic E-state index is 11.8. The van der Waals surface area contributed by atoms with E-state index in [9.17, 15) is 27.9 Å². The number of aryl methyl sites for hydroxylation is 1. The van der Waals surface area contributed by atoms with Gasteiger partial charge in [-0.3, -0.25) is 9.59 Å². The molecule has 0 bridgehead atoms. The van der Waals surface area contributed by atoms with Crippen molar-refractivity contribution in [2.24, 2.45) is 0 Å². The number of furan rings is 1. The van der Waals surface area contributed by atoms with Crippen LogP contribution in [0.15, 0.2) is 16.5 Å². The third-order valence-corrected chi connectivity index (χ3v) is 2.20. The Labute approximate surface area is 111 Å². The van der Waals surface area contributed by atoms with E-state index in [2.05, 4.69) is 0 Å². The summed E-state index contributed by atoms with van der Waals surface area (Å²) < 4.78 is 40.5. The monoisotopic (exact) mass is 294 g/mol. The van der Waals surface area contributed by atoms with Gasteiger partial charge in [0.1, 0.15) is 24.2 Å². The number of alkyl halides is 3. The van der Waals surface area contributed by atoms with E-state index in [0.717, 1.165) is 0 Å². The average molecular weight is 294 g/mol. The summed E-state index contributed by atoms with van der Waals surface area (Å²) in [7, 11) is 0. The number of aliphatic hydroxyl groups excluding tert-OH is 1. The van der Waals surface area contributed by atoms with E-state index in [0.29, 0.717) is 5.76 Å². The lowest BCUT2D eigenvalue weighted by molar-refractivity contribution is -0.146. The number of hydrogen-bond donors (Lipinski definition) is 3. The van der Waals surface area contributed by atoms with Crippen LogP contribution in [0.3, 0.4) is 0 Å². The number of amides is 2. The molecule has 0 aliphatic rings. The third-order valence-electron chi connectivity index (χ3n) is 2.20. The van der Waals surface area contributed by atoms with Gasteiger partial charge in [-0.15, -0.1) is 0 Å². The topological polar surface area (TPSA) is 91.6 Å². The Morgan fingerprint density at radius 2 is 1.90 bits per heavy atom. The SMILES string of the molecule is Cc1ccc(C(O)CNC(=O)C(=O)NCC(F)(F)F)o1. The average Bonchev–Trinajstić information content (AvgIpc) is 2.78. The summed E-state index contributed by atoms with van der Waals surface area (Å²) in [5, 5.41) is 13.0. The highest BCUT2D eigenvalue weighted by molar-refractivity contribution is 6.35. The molecule has 2 amide bonds. The Hall–Kier alpha value is -2.03. The summed E-state index contributed by atoms with van der Waals surface area (Å²) in [5.74, 6) is -1.96. The van der Waals surface area contributed by atoms with Gasteiger partial charge in [0, 0.05) is 0 Å². The Balaban J connectivity index is 2.37. The molecule has 0 saturated heterocycles. The molecule has 3 N–H and O–H groups in total. The highest BCUT2D eigenvalue weighted by Crippen LogP contribution is 2.15. The van der Waals surface area contributed by atoms with Crippen LogP contribution in [-0.2, 0) is 9.59 Å². The minimum atomic E-state index is -4.60. The van der Waals surface area contributed by atoms with E-state index in [1.54, 1.807) is 13.0 Å². The van der Waals surface area contributed by atoms with Crippen molar-refractivity contribution >= 4 is 11.8 Å². The highest BCUT2D eigenvalue weighted by atomic mass is 19.4. The van der Waals surface area contributed by atoms with Crippen molar-refractivity contribution in [3.8, 4) is 0 Å². The molecule has 1 atom stereocenters. The van der Waals surface area contributed by atoms with Crippen molar-refractivity contribution in [3.05, 3.63) is 23.7 Å². The number of hydrogen-bond acceptors (Lipinski definition) is 4. The van der Waals surface area contributed by atoms with Gasteiger partial charge in [-0.25, -0.2) is 0 Å². The maximum atomic E-state index is 11.8. The molecule has 0 radical (unpaired) electrons. The van der Waals surface area contributed by atoms with Gasteiger partial charge >= 0.3 is 18.0 Å². The Bertz CT molecular complexity index is 484. The fourth-order valence-corrected chi connectivity index (χ4v) is 1.26. The first-order valence-electron chi connectivity index (χ1n) is 5.56. The summed E-state index contributed by atoms with van der Waals surface area (Å²) in [5.41, 5.74) is 0. The quantitative estimate of drug-likeness (QED) is 0.702. The fourth-order valence-electron chi connectivity index (χ4n) is 1.26. The summed E-state index contributed by atoms with van der Waals surface area (Å²) in [6.07, 6.45) is -5.79. The number of carbonyl (C=O) groups is 2. The summed E-state index contributed by atoms with van der Waals surface area (Å²) >= 11 is 0. The number of nitrogens with one attached hydrogen (secondary N) is 2. The largest absolute Gasteiger partial charge is 0.464 e. The Kier molecular flexibility index (Phi) is 5.14. The molecular formula is C11H13F3N2O4. The van der Waals surface area contributed by atoms with Crippen molar-refractivity contribution in [1.82, 2.24) is 10.6 Å². The summed E-state index contributed by atoms with van der Waals surface area (Å²) in [4.78, 5) is 22.2. The second-order valence-corrected chi connectivity index (χ2v) is 3.97. The predicted octanol–water partition coefficient (Wildman–Crippen LogP) is 0.416. The lowest BCUT2D eigenvalue weighted by Gasteiger charge is -2.10. The van der Waals surface area contributed by atoms with Gasteiger partial charge in [0.2, 0.25) is 0 Å². The summed E-state index contributed by atoms with van der Waals surface area (Å²) in [6.45, 7) is -0.302. The molecule has 0 aromatic carbocycles. The molecular weight excluding hydrogens is 281 g/mol. The van der Waals surface area contributed by atoms with Gasteiger partial charge in [-0.2, -0.15) is 13.2 Å². The van der Waals surface area contributed by atoms with Crippen LogP contribution in [0.2, 0.25) is 0 Å². The molecule has 9 heteroatoms. The lowest BCUT2D eigenvalue weighted by atomic mass is 10.2. The van der Waals surface area contributed by atoms with Gasteiger partial charge in [0.15, 0.2) is 0 Å². The molecule has 0 aliphatic carbocycles. The highest BCUT2D eigenvalue weighted by Gasteiger charge is 2.29. The van der Waals surface area contributed by atoms with E-state index < -0.39 is 30.6 Å².